The number of nitrogens with zero attached hydrogens (tertiary/aromatic N) is 3. The van der Waals surface area contributed by atoms with Crippen LogP contribution in [-0.2, 0) is 6.54 Å². The fraction of sp³-hybridized carbons (Fsp3) is 0.125. The van der Waals surface area contributed by atoms with Gasteiger partial charge in [0.05, 0.1) is 5.69 Å². The zero-order valence-corrected chi connectivity index (χ0v) is 11.9. The standard InChI is InChI=1S/C16H13N3S/c1-2-3-9-19-10-7-15(18-19)13-5-4-6-14(12-13)16-17-8-11-20-16/h4-8,10-12H,9H2,1H3. The van der Waals surface area contributed by atoms with Gasteiger partial charge >= 0.3 is 0 Å². The Morgan fingerprint density at radius 3 is 2.95 bits per heavy atom. The third kappa shape index (κ3) is 2.63. The Balaban J connectivity index is 1.92. The molecule has 0 atom stereocenters. The fourth-order valence-electron chi connectivity index (χ4n) is 1.94. The van der Waals surface area contributed by atoms with E-state index >= 15 is 0 Å². The predicted octanol–water partition coefficient (Wildman–Crippen LogP) is 3.70. The highest BCUT2D eigenvalue weighted by molar-refractivity contribution is 7.13. The monoisotopic (exact) mass is 279 g/mol. The summed E-state index contributed by atoms with van der Waals surface area (Å²) in [5.74, 6) is 5.88. The molecule has 3 nitrogen and oxygen atoms in total. The van der Waals surface area contributed by atoms with Gasteiger partial charge in [-0.1, -0.05) is 24.1 Å². The van der Waals surface area contributed by atoms with Crippen LogP contribution in [0, 0.1) is 11.8 Å². The third-order valence-corrected chi connectivity index (χ3v) is 3.72. The average molecular weight is 279 g/mol. The number of benzene rings is 1. The molecule has 20 heavy (non-hydrogen) atoms. The van der Waals surface area contributed by atoms with Gasteiger partial charge in [-0.25, -0.2) is 4.98 Å². The molecule has 3 rings (SSSR count). The second-order valence-electron chi connectivity index (χ2n) is 4.24. The second kappa shape index (κ2) is 5.72. The molecule has 0 unspecified atom stereocenters. The summed E-state index contributed by atoms with van der Waals surface area (Å²) in [7, 11) is 0. The number of rotatable bonds is 3. The van der Waals surface area contributed by atoms with Crippen molar-refractivity contribution in [3.8, 4) is 33.7 Å². The van der Waals surface area contributed by atoms with E-state index in [0.717, 1.165) is 21.8 Å². The molecule has 0 amide bonds. The fourth-order valence-corrected chi connectivity index (χ4v) is 2.58. The summed E-state index contributed by atoms with van der Waals surface area (Å²) in [5, 5.41) is 7.55. The van der Waals surface area contributed by atoms with E-state index in [9.17, 15) is 0 Å². The highest BCUT2D eigenvalue weighted by Crippen LogP contribution is 2.26. The quantitative estimate of drug-likeness (QED) is 0.684. The first-order valence-electron chi connectivity index (χ1n) is 6.30. The molecule has 4 heteroatoms. The maximum absolute atomic E-state index is 4.54. The Kier molecular flexibility index (Phi) is 3.62. The highest BCUT2D eigenvalue weighted by atomic mass is 32.1. The molecular formula is C16H13N3S. The van der Waals surface area contributed by atoms with Crippen LogP contribution in [0.3, 0.4) is 0 Å². The predicted molar refractivity (Wildman–Crippen MR) is 82.2 cm³/mol. The third-order valence-electron chi connectivity index (χ3n) is 2.90. The van der Waals surface area contributed by atoms with Gasteiger partial charge in [0.2, 0.25) is 0 Å². The van der Waals surface area contributed by atoms with Crippen LogP contribution in [0.15, 0.2) is 48.1 Å². The van der Waals surface area contributed by atoms with Crippen LogP contribution in [-0.4, -0.2) is 14.8 Å². The van der Waals surface area contributed by atoms with Crippen molar-refractivity contribution in [3.05, 3.63) is 48.1 Å². The molecule has 2 aromatic heterocycles. The molecule has 3 aromatic rings. The largest absolute Gasteiger partial charge is 0.260 e. The molecule has 1 aromatic carbocycles. The van der Waals surface area contributed by atoms with Gasteiger partial charge in [-0.05, 0) is 19.1 Å². The van der Waals surface area contributed by atoms with E-state index < -0.39 is 0 Å². The summed E-state index contributed by atoms with van der Waals surface area (Å²) < 4.78 is 1.85. The average Bonchev–Trinajstić information content (AvgIpc) is 3.17. The molecule has 2 heterocycles. The molecule has 98 valence electrons. The Hall–Kier alpha value is -2.38. The van der Waals surface area contributed by atoms with Gasteiger partial charge in [-0.2, -0.15) is 5.10 Å². The number of aromatic nitrogens is 3. The molecule has 0 aliphatic carbocycles. The second-order valence-corrected chi connectivity index (χ2v) is 5.14. The summed E-state index contributed by atoms with van der Waals surface area (Å²) in [4.78, 5) is 4.34. The van der Waals surface area contributed by atoms with E-state index in [-0.39, 0.29) is 0 Å². The van der Waals surface area contributed by atoms with Crippen LogP contribution in [0.1, 0.15) is 6.92 Å². The van der Waals surface area contributed by atoms with Gasteiger partial charge in [-0.15, -0.1) is 17.3 Å². The summed E-state index contributed by atoms with van der Waals surface area (Å²) in [6.07, 6.45) is 3.78. The molecule has 0 aliphatic heterocycles. The summed E-state index contributed by atoms with van der Waals surface area (Å²) in [6, 6.07) is 10.3. The molecule has 0 spiro atoms. The van der Waals surface area contributed by atoms with Crippen LogP contribution < -0.4 is 0 Å². The van der Waals surface area contributed by atoms with Gasteiger partial charge < -0.3 is 0 Å². The maximum Gasteiger partial charge on any atom is 0.123 e. The molecule has 0 N–H and O–H groups in total. The summed E-state index contributed by atoms with van der Waals surface area (Å²) in [6.45, 7) is 2.46. The first-order valence-corrected chi connectivity index (χ1v) is 7.18. The lowest BCUT2D eigenvalue weighted by Crippen LogP contribution is -1.95. The molecule has 0 saturated heterocycles. The molecule has 0 bridgehead atoms. The van der Waals surface area contributed by atoms with Crippen molar-refractivity contribution in [3.63, 3.8) is 0 Å². The topological polar surface area (TPSA) is 30.7 Å². The maximum atomic E-state index is 4.54. The van der Waals surface area contributed by atoms with E-state index in [1.807, 2.05) is 41.5 Å². The van der Waals surface area contributed by atoms with E-state index in [4.69, 9.17) is 0 Å². The normalized spacial score (nSPS) is 10.1. The van der Waals surface area contributed by atoms with Crippen molar-refractivity contribution in [2.24, 2.45) is 0 Å². The summed E-state index contributed by atoms with van der Waals surface area (Å²) >= 11 is 1.64. The van der Waals surface area contributed by atoms with Gasteiger partial charge in [-0.3, -0.25) is 4.68 Å². The molecule has 0 radical (unpaired) electrons. The van der Waals surface area contributed by atoms with Crippen LogP contribution in [0.25, 0.3) is 21.8 Å². The van der Waals surface area contributed by atoms with Crippen LogP contribution >= 0.6 is 11.3 Å². The Morgan fingerprint density at radius 1 is 1.25 bits per heavy atom. The molecule has 0 aliphatic rings. The number of hydrogen-bond acceptors (Lipinski definition) is 3. The lowest BCUT2D eigenvalue weighted by atomic mass is 10.1. The van der Waals surface area contributed by atoms with E-state index in [0.29, 0.717) is 6.54 Å². The van der Waals surface area contributed by atoms with Gasteiger partial charge in [0.25, 0.3) is 0 Å². The Morgan fingerprint density at radius 2 is 2.15 bits per heavy atom. The Labute approximate surface area is 121 Å². The van der Waals surface area contributed by atoms with Gasteiger partial charge in [0.1, 0.15) is 11.6 Å². The van der Waals surface area contributed by atoms with Crippen LogP contribution in [0.2, 0.25) is 0 Å². The SMILES string of the molecule is CC#CCn1ccc(-c2cccc(-c3nccs3)c2)n1. The van der Waals surface area contributed by atoms with E-state index in [2.05, 4.69) is 40.1 Å². The minimum atomic E-state index is 0.628. The van der Waals surface area contributed by atoms with E-state index in [1.165, 1.54) is 0 Å². The minimum absolute atomic E-state index is 0.628. The van der Waals surface area contributed by atoms with Crippen LogP contribution in [0.5, 0.6) is 0 Å². The minimum Gasteiger partial charge on any atom is -0.260 e. The lowest BCUT2D eigenvalue weighted by molar-refractivity contribution is 0.718. The van der Waals surface area contributed by atoms with Crippen molar-refractivity contribution in [1.29, 1.82) is 0 Å². The number of thiazole rings is 1. The first-order chi connectivity index (χ1) is 9.86. The first kappa shape index (κ1) is 12.6. The van der Waals surface area contributed by atoms with Crippen LogP contribution in [0.4, 0.5) is 0 Å². The molecule has 0 saturated carbocycles. The molecule has 0 fully saturated rings. The van der Waals surface area contributed by atoms with Crippen molar-refractivity contribution in [1.82, 2.24) is 14.8 Å². The van der Waals surface area contributed by atoms with E-state index in [1.54, 1.807) is 11.3 Å². The van der Waals surface area contributed by atoms with Gasteiger partial charge in [0.15, 0.2) is 0 Å². The van der Waals surface area contributed by atoms with Crippen molar-refractivity contribution < 1.29 is 0 Å². The zero-order chi connectivity index (χ0) is 13.8. The Bertz CT molecular complexity index is 760. The van der Waals surface area contributed by atoms with Gasteiger partial charge in [0, 0.05) is 28.9 Å². The summed E-state index contributed by atoms with van der Waals surface area (Å²) in [5.41, 5.74) is 3.18. The smallest absolute Gasteiger partial charge is 0.123 e. The lowest BCUT2D eigenvalue weighted by Gasteiger charge is -2.00. The van der Waals surface area contributed by atoms with Crippen molar-refractivity contribution in [2.45, 2.75) is 13.5 Å². The molecular weight excluding hydrogens is 266 g/mol. The zero-order valence-electron chi connectivity index (χ0n) is 11.1. The number of hydrogen-bond donors (Lipinski definition) is 0. The van der Waals surface area contributed by atoms with Crippen molar-refractivity contribution >= 4 is 11.3 Å². The van der Waals surface area contributed by atoms with Crippen molar-refractivity contribution in [2.75, 3.05) is 0 Å². The highest BCUT2D eigenvalue weighted by Gasteiger charge is 2.05.